The molecule has 1 heterocycles. The van der Waals surface area contributed by atoms with Gasteiger partial charge in [0.25, 0.3) is 0 Å². The van der Waals surface area contributed by atoms with E-state index in [0.29, 0.717) is 26.2 Å². The number of carbonyl (C=O) groups is 2. The van der Waals surface area contributed by atoms with Crippen LogP contribution >= 0.6 is 0 Å². The van der Waals surface area contributed by atoms with Gasteiger partial charge in [-0.3, -0.25) is 9.69 Å². The zero-order valence-electron chi connectivity index (χ0n) is 11.8. The van der Waals surface area contributed by atoms with E-state index >= 15 is 0 Å². The molecule has 0 saturated carbocycles. The number of hydrogen-bond donors (Lipinski definition) is 2. The van der Waals surface area contributed by atoms with Crippen molar-refractivity contribution in [3.63, 3.8) is 0 Å². The number of nitrogens with two attached hydrogens (primary N) is 1. The van der Waals surface area contributed by atoms with Crippen molar-refractivity contribution in [2.45, 2.75) is 32.5 Å². The van der Waals surface area contributed by atoms with E-state index in [9.17, 15) is 14.7 Å². The molecule has 7 heteroatoms. The smallest absolute Gasteiger partial charge is 0.410 e. The first kappa shape index (κ1) is 15.7. The average Bonchev–Trinajstić information content (AvgIpc) is 2.27. The molecule has 0 aliphatic carbocycles. The third-order valence-electron chi connectivity index (χ3n) is 2.78. The van der Waals surface area contributed by atoms with Crippen LogP contribution in [0, 0.1) is 0 Å². The monoisotopic (exact) mass is 273 g/mol. The SMILES string of the molecule is CC(C)(C)OC(=O)N1CCN(C[C@H](O)C(N)=O)CC1. The van der Waals surface area contributed by atoms with E-state index in [2.05, 4.69) is 0 Å². The van der Waals surface area contributed by atoms with E-state index in [1.54, 1.807) is 4.90 Å². The number of aliphatic hydroxyl groups is 1. The van der Waals surface area contributed by atoms with Crippen molar-refractivity contribution in [3.05, 3.63) is 0 Å². The molecule has 7 nitrogen and oxygen atoms in total. The van der Waals surface area contributed by atoms with Crippen molar-refractivity contribution in [3.8, 4) is 0 Å². The number of amides is 2. The van der Waals surface area contributed by atoms with E-state index in [1.165, 1.54) is 0 Å². The molecular weight excluding hydrogens is 250 g/mol. The van der Waals surface area contributed by atoms with E-state index in [-0.39, 0.29) is 12.6 Å². The summed E-state index contributed by atoms with van der Waals surface area (Å²) in [5.74, 6) is -0.727. The first-order chi connectivity index (χ1) is 8.69. The maximum absolute atomic E-state index is 11.8. The van der Waals surface area contributed by atoms with E-state index in [1.807, 2.05) is 25.7 Å². The van der Waals surface area contributed by atoms with E-state index in [4.69, 9.17) is 10.5 Å². The average molecular weight is 273 g/mol. The van der Waals surface area contributed by atoms with Crippen LogP contribution in [-0.2, 0) is 9.53 Å². The van der Waals surface area contributed by atoms with Crippen LogP contribution in [0.15, 0.2) is 0 Å². The van der Waals surface area contributed by atoms with Crippen molar-refractivity contribution in [2.24, 2.45) is 5.73 Å². The Labute approximate surface area is 113 Å². The summed E-state index contributed by atoms with van der Waals surface area (Å²) in [6.07, 6.45) is -1.49. The fourth-order valence-corrected chi connectivity index (χ4v) is 1.77. The quantitative estimate of drug-likeness (QED) is 0.715. The Balaban J connectivity index is 2.36. The van der Waals surface area contributed by atoms with Crippen LogP contribution in [0.3, 0.4) is 0 Å². The second-order valence-electron chi connectivity index (χ2n) is 5.69. The van der Waals surface area contributed by atoms with Gasteiger partial charge in [0.1, 0.15) is 11.7 Å². The molecule has 0 aromatic heterocycles. The minimum absolute atomic E-state index is 0.206. The van der Waals surface area contributed by atoms with Gasteiger partial charge in [0.15, 0.2) is 0 Å². The molecule has 0 spiro atoms. The van der Waals surface area contributed by atoms with Gasteiger partial charge < -0.3 is 20.5 Å². The lowest BCUT2D eigenvalue weighted by Crippen LogP contribution is -2.52. The summed E-state index contributed by atoms with van der Waals surface area (Å²) in [6.45, 7) is 7.88. The third kappa shape index (κ3) is 5.44. The lowest BCUT2D eigenvalue weighted by molar-refractivity contribution is -0.127. The van der Waals surface area contributed by atoms with Gasteiger partial charge in [-0.25, -0.2) is 4.79 Å². The van der Waals surface area contributed by atoms with Gasteiger partial charge in [0, 0.05) is 32.7 Å². The Morgan fingerprint density at radius 1 is 1.26 bits per heavy atom. The molecule has 3 N–H and O–H groups in total. The lowest BCUT2D eigenvalue weighted by Gasteiger charge is -2.35. The largest absolute Gasteiger partial charge is 0.444 e. The molecule has 1 atom stereocenters. The predicted molar refractivity (Wildman–Crippen MR) is 69.4 cm³/mol. The summed E-state index contributed by atoms with van der Waals surface area (Å²) in [4.78, 5) is 26.1. The number of ether oxygens (including phenoxy) is 1. The number of piperazine rings is 1. The van der Waals surface area contributed by atoms with Crippen LogP contribution in [0.1, 0.15) is 20.8 Å². The van der Waals surface area contributed by atoms with E-state index < -0.39 is 17.6 Å². The molecule has 0 aromatic carbocycles. The van der Waals surface area contributed by atoms with Gasteiger partial charge in [-0.15, -0.1) is 0 Å². The van der Waals surface area contributed by atoms with Crippen LogP contribution in [-0.4, -0.2) is 71.3 Å². The molecule has 2 amide bonds. The van der Waals surface area contributed by atoms with Crippen molar-refractivity contribution in [2.75, 3.05) is 32.7 Å². The zero-order chi connectivity index (χ0) is 14.6. The Morgan fingerprint density at radius 2 is 1.79 bits per heavy atom. The molecule has 0 bridgehead atoms. The Kier molecular flexibility index (Phi) is 5.13. The highest BCUT2D eigenvalue weighted by Crippen LogP contribution is 2.11. The van der Waals surface area contributed by atoms with Gasteiger partial charge in [0.05, 0.1) is 0 Å². The van der Waals surface area contributed by atoms with Gasteiger partial charge >= 0.3 is 6.09 Å². The Hall–Kier alpha value is -1.34. The summed E-state index contributed by atoms with van der Waals surface area (Å²) < 4.78 is 5.28. The van der Waals surface area contributed by atoms with Crippen molar-refractivity contribution >= 4 is 12.0 Å². The highest BCUT2D eigenvalue weighted by Gasteiger charge is 2.27. The van der Waals surface area contributed by atoms with E-state index in [0.717, 1.165) is 0 Å². The minimum Gasteiger partial charge on any atom is -0.444 e. The molecule has 19 heavy (non-hydrogen) atoms. The fraction of sp³-hybridized carbons (Fsp3) is 0.833. The highest BCUT2D eigenvalue weighted by molar-refractivity contribution is 5.78. The Morgan fingerprint density at radius 3 is 2.21 bits per heavy atom. The number of primary amides is 1. The van der Waals surface area contributed by atoms with Crippen molar-refractivity contribution in [1.82, 2.24) is 9.80 Å². The van der Waals surface area contributed by atoms with Crippen LogP contribution in [0.25, 0.3) is 0 Å². The molecule has 110 valence electrons. The number of aliphatic hydroxyl groups excluding tert-OH is 1. The maximum atomic E-state index is 11.8. The first-order valence-electron chi connectivity index (χ1n) is 6.37. The Bertz CT molecular complexity index is 332. The number of hydrogen-bond acceptors (Lipinski definition) is 5. The zero-order valence-corrected chi connectivity index (χ0v) is 11.8. The molecule has 1 aliphatic heterocycles. The molecule has 1 fully saturated rings. The summed E-state index contributed by atoms with van der Waals surface area (Å²) in [6, 6.07) is 0. The van der Waals surface area contributed by atoms with Gasteiger partial charge in [0.2, 0.25) is 5.91 Å². The number of nitrogens with zero attached hydrogens (tertiary/aromatic N) is 2. The van der Waals surface area contributed by atoms with Gasteiger partial charge in [-0.2, -0.15) is 0 Å². The van der Waals surface area contributed by atoms with Crippen LogP contribution < -0.4 is 5.73 Å². The molecule has 1 rings (SSSR count). The second-order valence-corrected chi connectivity index (χ2v) is 5.69. The third-order valence-corrected chi connectivity index (χ3v) is 2.78. The summed E-state index contributed by atoms with van der Waals surface area (Å²) in [7, 11) is 0. The molecular formula is C12H23N3O4. The second kappa shape index (κ2) is 6.21. The van der Waals surface area contributed by atoms with Crippen molar-refractivity contribution in [1.29, 1.82) is 0 Å². The van der Waals surface area contributed by atoms with Gasteiger partial charge in [-0.05, 0) is 20.8 Å². The normalized spacial score (nSPS) is 19.1. The van der Waals surface area contributed by atoms with Crippen LogP contribution in [0.5, 0.6) is 0 Å². The summed E-state index contributed by atoms with van der Waals surface area (Å²) in [5.41, 5.74) is 4.49. The molecule has 1 aliphatic rings. The maximum Gasteiger partial charge on any atom is 0.410 e. The number of rotatable bonds is 3. The first-order valence-corrected chi connectivity index (χ1v) is 6.37. The highest BCUT2D eigenvalue weighted by atomic mass is 16.6. The van der Waals surface area contributed by atoms with Crippen molar-refractivity contribution < 1.29 is 19.4 Å². The fourth-order valence-electron chi connectivity index (χ4n) is 1.77. The van der Waals surface area contributed by atoms with Crippen LogP contribution in [0.4, 0.5) is 4.79 Å². The minimum atomic E-state index is -1.16. The molecule has 0 unspecified atom stereocenters. The summed E-state index contributed by atoms with van der Waals surface area (Å²) >= 11 is 0. The lowest BCUT2D eigenvalue weighted by atomic mass is 10.2. The predicted octanol–water partition coefficient (Wildman–Crippen LogP) is -0.615. The standard InChI is InChI=1S/C12H23N3O4/c1-12(2,3)19-11(18)15-6-4-14(5-7-15)8-9(16)10(13)17/h9,16H,4-8H2,1-3H3,(H2,13,17)/t9-/m0/s1. The topological polar surface area (TPSA) is 96.1 Å². The van der Waals surface area contributed by atoms with Crippen LogP contribution in [0.2, 0.25) is 0 Å². The molecule has 0 aromatic rings. The van der Waals surface area contributed by atoms with Gasteiger partial charge in [-0.1, -0.05) is 0 Å². The number of β-amino-alcohol motifs (C(OH)–C–C–N with tert-alkyl or cyclic N) is 1. The number of carbonyl (C=O) groups excluding carboxylic acids is 2. The molecule has 1 saturated heterocycles. The molecule has 0 radical (unpaired) electrons. The summed E-state index contributed by atoms with van der Waals surface area (Å²) in [5, 5.41) is 9.39.